The lowest BCUT2D eigenvalue weighted by molar-refractivity contribution is -0.131. The maximum absolute atomic E-state index is 13.1. The molecule has 1 atom stereocenters. The number of nitrogens with zero attached hydrogens (tertiary/aromatic N) is 3. The molecule has 2 aromatic carbocycles. The Kier molecular flexibility index (Phi) is 7.64. The summed E-state index contributed by atoms with van der Waals surface area (Å²) in [6.45, 7) is 3.02. The van der Waals surface area contributed by atoms with Gasteiger partial charge in [-0.15, -0.1) is 0 Å². The van der Waals surface area contributed by atoms with E-state index in [2.05, 4.69) is 15.5 Å². The lowest BCUT2D eigenvalue weighted by atomic mass is 9.97. The van der Waals surface area contributed by atoms with E-state index >= 15 is 0 Å². The van der Waals surface area contributed by atoms with Crippen molar-refractivity contribution in [2.45, 2.75) is 38.5 Å². The van der Waals surface area contributed by atoms with Crippen molar-refractivity contribution in [2.24, 2.45) is 0 Å². The Morgan fingerprint density at radius 3 is 2.63 bits per heavy atom. The van der Waals surface area contributed by atoms with Gasteiger partial charge in [0.15, 0.2) is 0 Å². The van der Waals surface area contributed by atoms with Gasteiger partial charge in [-0.1, -0.05) is 24.2 Å². The first-order valence-electron chi connectivity index (χ1n) is 11.7. The molecule has 9 nitrogen and oxygen atoms in total. The average Bonchev–Trinajstić information content (AvgIpc) is 3.39. The number of aromatic nitrogens is 2. The van der Waals surface area contributed by atoms with Crippen molar-refractivity contribution >= 4 is 17.5 Å². The Balaban J connectivity index is 1.43. The summed E-state index contributed by atoms with van der Waals surface area (Å²) in [4.78, 5) is 31.2. The van der Waals surface area contributed by atoms with Crippen LogP contribution in [0.2, 0.25) is 0 Å². The van der Waals surface area contributed by atoms with Crippen molar-refractivity contribution in [3.05, 3.63) is 53.9 Å². The van der Waals surface area contributed by atoms with Crippen LogP contribution in [-0.2, 0) is 16.0 Å². The molecule has 9 heteroatoms. The molecule has 184 valence electrons. The van der Waals surface area contributed by atoms with E-state index in [1.165, 1.54) is 0 Å². The molecule has 1 N–H and O–H groups in total. The minimum Gasteiger partial charge on any atom is -0.497 e. The highest BCUT2D eigenvalue weighted by Crippen LogP contribution is 2.29. The van der Waals surface area contributed by atoms with Crippen LogP contribution in [0.25, 0.3) is 11.4 Å². The van der Waals surface area contributed by atoms with E-state index in [-0.39, 0.29) is 24.2 Å². The highest BCUT2D eigenvalue weighted by atomic mass is 16.5. The van der Waals surface area contributed by atoms with Crippen LogP contribution in [0.5, 0.6) is 11.5 Å². The van der Waals surface area contributed by atoms with Gasteiger partial charge in [-0.3, -0.25) is 9.59 Å². The van der Waals surface area contributed by atoms with Crippen LogP contribution in [0.4, 0.5) is 5.69 Å². The molecule has 1 aromatic heterocycles. The average molecular weight is 479 g/mol. The second kappa shape index (κ2) is 11.0. The molecular weight excluding hydrogens is 448 g/mol. The molecule has 35 heavy (non-hydrogen) atoms. The van der Waals surface area contributed by atoms with E-state index in [9.17, 15) is 9.59 Å². The van der Waals surface area contributed by atoms with Crippen molar-refractivity contribution in [1.29, 1.82) is 0 Å². The molecule has 1 fully saturated rings. The normalized spacial score (nSPS) is 15.5. The van der Waals surface area contributed by atoms with Crippen molar-refractivity contribution in [2.75, 3.05) is 32.6 Å². The smallest absolute Gasteiger partial charge is 0.231 e. The van der Waals surface area contributed by atoms with Crippen LogP contribution in [-0.4, -0.2) is 54.2 Å². The number of likely N-dealkylation sites (tertiary alicyclic amines) is 1. The molecule has 0 radical (unpaired) electrons. The third-order valence-electron chi connectivity index (χ3n) is 6.06. The molecule has 1 saturated heterocycles. The van der Waals surface area contributed by atoms with Gasteiger partial charge in [-0.25, -0.2) is 0 Å². The number of rotatable bonds is 8. The van der Waals surface area contributed by atoms with E-state index in [1.807, 2.05) is 41.3 Å². The SMILES string of the molecule is CCC(=O)Nc1cccc(-c2noc([C@H]3CCCN(C(=O)Cc4cc(OC)cc(OC)c4)C3)n2)c1. The van der Waals surface area contributed by atoms with Crippen LogP contribution in [0.3, 0.4) is 0 Å². The number of hydrogen-bond donors (Lipinski definition) is 1. The molecule has 3 aromatic rings. The highest BCUT2D eigenvalue weighted by molar-refractivity contribution is 5.91. The molecule has 0 aliphatic carbocycles. The summed E-state index contributed by atoms with van der Waals surface area (Å²) in [6, 6.07) is 12.8. The topological polar surface area (TPSA) is 107 Å². The molecule has 0 saturated carbocycles. The fourth-order valence-corrected chi connectivity index (χ4v) is 4.16. The first-order valence-corrected chi connectivity index (χ1v) is 11.7. The fourth-order valence-electron chi connectivity index (χ4n) is 4.16. The monoisotopic (exact) mass is 478 g/mol. The van der Waals surface area contributed by atoms with Crippen molar-refractivity contribution in [1.82, 2.24) is 15.0 Å². The second-order valence-electron chi connectivity index (χ2n) is 8.52. The molecule has 2 heterocycles. The number of carbonyl (C=O) groups is 2. The lowest BCUT2D eigenvalue weighted by Gasteiger charge is -2.31. The number of amides is 2. The molecule has 0 bridgehead atoms. The summed E-state index contributed by atoms with van der Waals surface area (Å²) in [7, 11) is 3.18. The Morgan fingerprint density at radius 1 is 1.14 bits per heavy atom. The Morgan fingerprint density at radius 2 is 1.91 bits per heavy atom. The number of piperidine rings is 1. The molecule has 2 amide bonds. The van der Waals surface area contributed by atoms with E-state index in [0.717, 1.165) is 24.0 Å². The third kappa shape index (κ3) is 5.98. The van der Waals surface area contributed by atoms with E-state index in [4.69, 9.17) is 14.0 Å². The molecular formula is C26H30N4O5. The van der Waals surface area contributed by atoms with E-state index in [0.29, 0.717) is 48.4 Å². The molecule has 4 rings (SSSR count). The maximum Gasteiger partial charge on any atom is 0.231 e. The van der Waals surface area contributed by atoms with E-state index < -0.39 is 0 Å². The number of anilines is 1. The maximum atomic E-state index is 13.1. The molecule has 1 aliphatic rings. The molecule has 0 unspecified atom stereocenters. The van der Waals surface area contributed by atoms with Gasteiger partial charge in [0.1, 0.15) is 11.5 Å². The first-order chi connectivity index (χ1) is 17.0. The molecule has 1 aliphatic heterocycles. The minimum absolute atomic E-state index is 0.0308. The van der Waals surface area contributed by atoms with Gasteiger partial charge >= 0.3 is 0 Å². The predicted octanol–water partition coefficient (Wildman–Crippen LogP) is 4.05. The fraction of sp³-hybridized carbons (Fsp3) is 0.385. The first kappa shape index (κ1) is 24.3. The van der Waals surface area contributed by atoms with Crippen LogP contribution in [0.1, 0.15) is 43.6 Å². The number of nitrogens with one attached hydrogen (secondary N) is 1. The number of ether oxygens (including phenoxy) is 2. The predicted molar refractivity (Wildman–Crippen MR) is 130 cm³/mol. The highest BCUT2D eigenvalue weighted by Gasteiger charge is 2.29. The second-order valence-corrected chi connectivity index (χ2v) is 8.52. The van der Waals surface area contributed by atoms with Gasteiger partial charge in [-0.2, -0.15) is 4.98 Å². The number of hydrogen-bond acceptors (Lipinski definition) is 7. The zero-order valence-corrected chi connectivity index (χ0v) is 20.2. The standard InChI is InChI=1S/C26H30N4O5/c1-4-23(31)27-20-9-5-7-18(14-20)25-28-26(35-29-25)19-8-6-10-30(16-19)24(32)13-17-11-21(33-2)15-22(12-17)34-3/h5,7,9,11-12,14-15,19H,4,6,8,10,13,16H2,1-3H3,(H,27,31)/t19-/m0/s1. The van der Waals surface area contributed by atoms with Crippen molar-refractivity contribution in [3.63, 3.8) is 0 Å². The van der Waals surface area contributed by atoms with Crippen LogP contribution >= 0.6 is 0 Å². The zero-order chi connectivity index (χ0) is 24.8. The summed E-state index contributed by atoms with van der Waals surface area (Å²) in [6.07, 6.45) is 2.38. The molecule has 0 spiro atoms. The summed E-state index contributed by atoms with van der Waals surface area (Å²) in [5, 5.41) is 6.99. The number of methoxy groups -OCH3 is 2. The van der Waals surface area contributed by atoms with Gasteiger partial charge in [0, 0.05) is 36.8 Å². The zero-order valence-electron chi connectivity index (χ0n) is 20.2. The van der Waals surface area contributed by atoms with Gasteiger partial charge in [0.25, 0.3) is 0 Å². The van der Waals surface area contributed by atoms with E-state index in [1.54, 1.807) is 27.2 Å². The Bertz CT molecular complexity index is 1170. The summed E-state index contributed by atoms with van der Waals surface area (Å²) >= 11 is 0. The van der Waals surface area contributed by atoms with Crippen molar-refractivity contribution < 1.29 is 23.6 Å². The largest absolute Gasteiger partial charge is 0.497 e. The third-order valence-corrected chi connectivity index (χ3v) is 6.06. The Hall–Kier alpha value is -3.88. The van der Waals surface area contributed by atoms with Crippen LogP contribution in [0.15, 0.2) is 47.0 Å². The van der Waals surface area contributed by atoms with Crippen LogP contribution in [0, 0.1) is 0 Å². The van der Waals surface area contributed by atoms with Gasteiger partial charge < -0.3 is 24.2 Å². The lowest BCUT2D eigenvalue weighted by Crippen LogP contribution is -2.40. The number of benzene rings is 2. The quantitative estimate of drug-likeness (QED) is 0.520. The van der Waals surface area contributed by atoms with Gasteiger partial charge in [0.2, 0.25) is 23.5 Å². The van der Waals surface area contributed by atoms with Crippen LogP contribution < -0.4 is 14.8 Å². The minimum atomic E-state index is -0.0599. The van der Waals surface area contributed by atoms with Crippen molar-refractivity contribution in [3.8, 4) is 22.9 Å². The summed E-state index contributed by atoms with van der Waals surface area (Å²) in [5.74, 6) is 2.22. The summed E-state index contributed by atoms with van der Waals surface area (Å²) in [5.41, 5.74) is 2.28. The number of carbonyl (C=O) groups excluding carboxylic acids is 2. The Labute approximate surface area is 204 Å². The van der Waals surface area contributed by atoms with Gasteiger partial charge in [0.05, 0.1) is 26.6 Å². The van der Waals surface area contributed by atoms with Gasteiger partial charge in [-0.05, 0) is 42.7 Å². The summed E-state index contributed by atoms with van der Waals surface area (Å²) < 4.78 is 16.2.